The van der Waals surface area contributed by atoms with E-state index in [-0.39, 0.29) is 13.2 Å². The molecule has 0 atom stereocenters. The minimum absolute atomic E-state index is 0.0383. The molecule has 4 heteroatoms. The van der Waals surface area contributed by atoms with Crippen molar-refractivity contribution in [3.8, 4) is 16.9 Å². The number of aromatic nitrogens is 2. The summed E-state index contributed by atoms with van der Waals surface area (Å²) in [6.07, 6.45) is 1.68. The van der Waals surface area contributed by atoms with Crippen LogP contribution in [0.5, 0.6) is 0 Å². The quantitative estimate of drug-likeness (QED) is 0.469. The van der Waals surface area contributed by atoms with Crippen molar-refractivity contribution in [2.24, 2.45) is 0 Å². The van der Waals surface area contributed by atoms with Crippen LogP contribution in [0.25, 0.3) is 38.8 Å². The van der Waals surface area contributed by atoms with E-state index in [0.29, 0.717) is 0 Å². The zero-order valence-corrected chi connectivity index (χ0v) is 15.8. The van der Waals surface area contributed by atoms with Gasteiger partial charge in [-0.3, -0.25) is 4.98 Å². The molecule has 2 N–H and O–H groups in total. The van der Waals surface area contributed by atoms with Crippen molar-refractivity contribution >= 4 is 21.8 Å². The van der Waals surface area contributed by atoms with Gasteiger partial charge in [0.15, 0.2) is 0 Å². The van der Waals surface area contributed by atoms with Crippen molar-refractivity contribution in [1.29, 1.82) is 0 Å². The van der Waals surface area contributed by atoms with Gasteiger partial charge in [-0.25, -0.2) is 0 Å². The van der Waals surface area contributed by atoms with Crippen LogP contribution in [0, 0.1) is 0 Å². The highest BCUT2D eigenvalue weighted by Gasteiger charge is 2.14. The van der Waals surface area contributed by atoms with Crippen LogP contribution in [0.2, 0.25) is 0 Å². The van der Waals surface area contributed by atoms with Crippen LogP contribution in [0.3, 0.4) is 0 Å². The average Bonchev–Trinajstić information content (AvgIpc) is 3.13. The maximum Gasteiger partial charge on any atom is 0.0709 e. The second-order valence-electron chi connectivity index (χ2n) is 7.08. The van der Waals surface area contributed by atoms with Gasteiger partial charge in [-0.2, -0.15) is 0 Å². The Labute approximate surface area is 168 Å². The van der Waals surface area contributed by atoms with Crippen LogP contribution in [0.15, 0.2) is 85.1 Å². The molecule has 5 rings (SSSR count). The van der Waals surface area contributed by atoms with E-state index in [2.05, 4.69) is 52.0 Å². The van der Waals surface area contributed by atoms with Crippen molar-refractivity contribution < 1.29 is 10.2 Å². The second-order valence-corrected chi connectivity index (χ2v) is 7.08. The molecule has 3 aromatic carbocycles. The molecule has 0 fully saturated rings. The summed E-state index contributed by atoms with van der Waals surface area (Å²) in [5, 5.41) is 21.9. The Morgan fingerprint density at radius 3 is 2.07 bits per heavy atom. The lowest BCUT2D eigenvalue weighted by molar-refractivity contribution is 0.281. The van der Waals surface area contributed by atoms with E-state index >= 15 is 0 Å². The first-order chi connectivity index (χ1) is 14.3. The SMILES string of the molecule is OCc1ccnc(-c2ccc(-n3c4ccccc4c4ccccc43)cc2CO)c1. The number of hydrogen-bond acceptors (Lipinski definition) is 3. The molecule has 0 unspecified atom stereocenters. The number of hydrogen-bond donors (Lipinski definition) is 2. The smallest absolute Gasteiger partial charge is 0.0709 e. The molecular formula is C25H20N2O2. The number of nitrogens with zero attached hydrogens (tertiary/aromatic N) is 2. The molecule has 2 heterocycles. The Bertz CT molecular complexity index is 1280. The monoisotopic (exact) mass is 380 g/mol. The van der Waals surface area contributed by atoms with Crippen LogP contribution >= 0.6 is 0 Å². The number of fused-ring (bicyclic) bond motifs is 3. The number of rotatable bonds is 4. The van der Waals surface area contributed by atoms with E-state index in [9.17, 15) is 10.2 Å². The molecule has 142 valence electrons. The standard InChI is InChI=1S/C25H20N2O2/c28-15-17-11-12-26-23(13-17)20-10-9-19(14-18(20)16-29)27-24-7-3-1-5-21(24)22-6-2-4-8-25(22)27/h1-14,28-29H,15-16H2. The van der Waals surface area contributed by atoms with Gasteiger partial charge in [-0.15, -0.1) is 0 Å². The highest BCUT2D eigenvalue weighted by Crippen LogP contribution is 2.33. The third-order valence-corrected chi connectivity index (χ3v) is 5.38. The Hall–Kier alpha value is -3.47. The number of aliphatic hydroxyl groups excluding tert-OH is 2. The molecular weight excluding hydrogens is 360 g/mol. The van der Waals surface area contributed by atoms with Gasteiger partial charge in [-0.05, 0) is 47.5 Å². The van der Waals surface area contributed by atoms with Crippen molar-refractivity contribution in [3.63, 3.8) is 0 Å². The Balaban J connectivity index is 1.73. The van der Waals surface area contributed by atoms with Gasteiger partial charge in [0.2, 0.25) is 0 Å². The summed E-state index contributed by atoms with van der Waals surface area (Å²) in [6, 6.07) is 26.4. The van der Waals surface area contributed by atoms with E-state index in [1.807, 2.05) is 30.3 Å². The molecule has 0 spiro atoms. The first-order valence-electron chi connectivity index (χ1n) is 9.58. The average molecular weight is 380 g/mol. The summed E-state index contributed by atoms with van der Waals surface area (Å²) >= 11 is 0. The molecule has 0 saturated heterocycles. The Kier molecular flexibility index (Phi) is 4.35. The molecule has 4 nitrogen and oxygen atoms in total. The minimum atomic E-state index is -0.0919. The molecule has 0 aliphatic rings. The molecule has 0 saturated carbocycles. The van der Waals surface area contributed by atoms with Crippen LogP contribution < -0.4 is 0 Å². The number of aliphatic hydroxyl groups is 2. The lowest BCUT2D eigenvalue weighted by Crippen LogP contribution is -1.99. The number of para-hydroxylation sites is 2. The highest BCUT2D eigenvalue weighted by molar-refractivity contribution is 6.09. The molecule has 0 amide bonds. The molecule has 0 radical (unpaired) electrons. The summed E-state index contributed by atoms with van der Waals surface area (Å²) in [6.45, 7) is -0.130. The minimum Gasteiger partial charge on any atom is -0.392 e. The maximum absolute atomic E-state index is 10.1. The molecule has 5 aromatic rings. The summed E-state index contributed by atoms with van der Waals surface area (Å²) in [5.74, 6) is 0. The summed E-state index contributed by atoms with van der Waals surface area (Å²) in [4.78, 5) is 4.43. The van der Waals surface area contributed by atoms with Crippen molar-refractivity contribution in [1.82, 2.24) is 9.55 Å². The highest BCUT2D eigenvalue weighted by atomic mass is 16.3. The Morgan fingerprint density at radius 1 is 0.724 bits per heavy atom. The van der Waals surface area contributed by atoms with Crippen molar-refractivity contribution in [2.75, 3.05) is 0 Å². The van der Waals surface area contributed by atoms with E-state index < -0.39 is 0 Å². The predicted octanol–water partition coefficient (Wildman–Crippen LogP) is 4.83. The van der Waals surface area contributed by atoms with Gasteiger partial charge >= 0.3 is 0 Å². The molecule has 29 heavy (non-hydrogen) atoms. The van der Waals surface area contributed by atoms with E-state index in [0.717, 1.165) is 39.1 Å². The van der Waals surface area contributed by atoms with Gasteiger partial charge in [0.1, 0.15) is 0 Å². The van der Waals surface area contributed by atoms with E-state index in [1.165, 1.54) is 10.8 Å². The lowest BCUT2D eigenvalue weighted by atomic mass is 10.0. The van der Waals surface area contributed by atoms with E-state index in [1.54, 1.807) is 12.3 Å². The largest absolute Gasteiger partial charge is 0.392 e. The van der Waals surface area contributed by atoms with Crippen molar-refractivity contribution in [3.05, 3.63) is 96.2 Å². The molecule has 0 aliphatic heterocycles. The fraction of sp³-hybridized carbons (Fsp3) is 0.0800. The Morgan fingerprint density at radius 2 is 1.41 bits per heavy atom. The third-order valence-electron chi connectivity index (χ3n) is 5.38. The maximum atomic E-state index is 10.1. The lowest BCUT2D eigenvalue weighted by Gasteiger charge is -2.13. The molecule has 0 bridgehead atoms. The van der Waals surface area contributed by atoms with Crippen LogP contribution in [0.4, 0.5) is 0 Å². The zero-order chi connectivity index (χ0) is 19.8. The summed E-state index contributed by atoms with van der Waals surface area (Å²) in [7, 11) is 0. The van der Waals surface area contributed by atoms with Crippen LogP contribution in [0.1, 0.15) is 11.1 Å². The van der Waals surface area contributed by atoms with Crippen molar-refractivity contribution in [2.45, 2.75) is 13.2 Å². The number of benzene rings is 3. The second kappa shape index (κ2) is 7.17. The van der Waals surface area contributed by atoms with Gasteiger partial charge in [0, 0.05) is 28.2 Å². The summed E-state index contributed by atoms with van der Waals surface area (Å²) in [5.41, 5.74) is 6.46. The van der Waals surface area contributed by atoms with E-state index in [4.69, 9.17) is 0 Å². The first kappa shape index (κ1) is 17.6. The molecule has 0 aliphatic carbocycles. The van der Waals surface area contributed by atoms with Gasteiger partial charge in [0.05, 0.1) is 29.9 Å². The first-order valence-corrected chi connectivity index (χ1v) is 9.58. The normalized spacial score (nSPS) is 11.4. The van der Waals surface area contributed by atoms with Gasteiger partial charge in [0.25, 0.3) is 0 Å². The van der Waals surface area contributed by atoms with Gasteiger partial charge in [-0.1, -0.05) is 42.5 Å². The summed E-state index contributed by atoms with van der Waals surface area (Å²) < 4.78 is 2.23. The number of pyridine rings is 1. The van der Waals surface area contributed by atoms with Crippen LogP contribution in [-0.2, 0) is 13.2 Å². The fourth-order valence-electron chi connectivity index (χ4n) is 4.02. The molecule has 2 aromatic heterocycles. The topological polar surface area (TPSA) is 58.3 Å². The van der Waals surface area contributed by atoms with Crippen LogP contribution in [-0.4, -0.2) is 19.8 Å². The van der Waals surface area contributed by atoms with Gasteiger partial charge < -0.3 is 14.8 Å². The predicted molar refractivity (Wildman–Crippen MR) is 116 cm³/mol. The fourth-order valence-corrected chi connectivity index (χ4v) is 4.02. The zero-order valence-electron chi connectivity index (χ0n) is 15.8. The third kappa shape index (κ3) is 2.90.